The SMILES string of the molecule is Cl.O=C(Nc1ccc(C(F)(F)F)cc1)N1CCCN(CCn2cccn2)CC1. The van der Waals surface area contributed by atoms with Crippen LogP contribution in [0.4, 0.5) is 23.7 Å². The molecule has 0 spiro atoms. The number of carbonyl (C=O) groups excluding carboxylic acids is 1. The van der Waals surface area contributed by atoms with E-state index in [1.807, 2.05) is 16.9 Å². The molecule has 1 N–H and O–H groups in total. The lowest BCUT2D eigenvalue weighted by molar-refractivity contribution is -0.137. The van der Waals surface area contributed by atoms with Gasteiger partial charge in [0.2, 0.25) is 0 Å². The second-order valence-electron chi connectivity index (χ2n) is 6.46. The Morgan fingerprint density at radius 3 is 2.46 bits per heavy atom. The number of alkyl halides is 3. The van der Waals surface area contributed by atoms with Crippen LogP contribution in [0.1, 0.15) is 12.0 Å². The van der Waals surface area contributed by atoms with Crippen LogP contribution >= 0.6 is 12.4 Å². The van der Waals surface area contributed by atoms with E-state index in [0.29, 0.717) is 18.8 Å². The van der Waals surface area contributed by atoms with Crippen molar-refractivity contribution in [2.45, 2.75) is 19.1 Å². The van der Waals surface area contributed by atoms with Gasteiger partial charge in [-0.2, -0.15) is 18.3 Å². The van der Waals surface area contributed by atoms with Crippen LogP contribution in [-0.2, 0) is 12.7 Å². The lowest BCUT2D eigenvalue weighted by Gasteiger charge is -2.22. The molecule has 6 nitrogen and oxygen atoms in total. The molecular weight excluding hydrogens is 395 g/mol. The zero-order valence-corrected chi connectivity index (χ0v) is 16.0. The fourth-order valence-corrected chi connectivity index (χ4v) is 3.02. The molecule has 1 fully saturated rings. The predicted octanol–water partition coefficient (Wildman–Crippen LogP) is 3.56. The van der Waals surface area contributed by atoms with Gasteiger partial charge < -0.3 is 10.2 Å². The van der Waals surface area contributed by atoms with E-state index in [1.54, 1.807) is 11.1 Å². The van der Waals surface area contributed by atoms with Crippen molar-refractivity contribution >= 4 is 24.1 Å². The van der Waals surface area contributed by atoms with Crippen LogP contribution in [0.25, 0.3) is 0 Å². The van der Waals surface area contributed by atoms with Gasteiger partial charge >= 0.3 is 12.2 Å². The average molecular weight is 418 g/mol. The van der Waals surface area contributed by atoms with Gasteiger partial charge in [0.25, 0.3) is 0 Å². The van der Waals surface area contributed by atoms with Crippen molar-refractivity contribution in [3.05, 3.63) is 48.3 Å². The fourth-order valence-electron chi connectivity index (χ4n) is 3.02. The molecule has 2 heterocycles. The zero-order chi connectivity index (χ0) is 19.3. The second-order valence-corrected chi connectivity index (χ2v) is 6.46. The summed E-state index contributed by atoms with van der Waals surface area (Å²) in [5, 5.41) is 6.85. The number of urea groups is 1. The van der Waals surface area contributed by atoms with Gasteiger partial charge in [-0.1, -0.05) is 0 Å². The number of amides is 2. The van der Waals surface area contributed by atoms with E-state index in [2.05, 4.69) is 15.3 Å². The van der Waals surface area contributed by atoms with Crippen molar-refractivity contribution in [1.82, 2.24) is 19.6 Å². The van der Waals surface area contributed by atoms with Gasteiger partial charge in [0.1, 0.15) is 0 Å². The molecule has 2 aromatic rings. The highest BCUT2D eigenvalue weighted by Gasteiger charge is 2.30. The molecule has 1 saturated heterocycles. The molecule has 154 valence electrons. The Morgan fingerprint density at radius 1 is 1.07 bits per heavy atom. The van der Waals surface area contributed by atoms with Gasteiger partial charge in [0, 0.05) is 44.3 Å². The number of anilines is 1. The quantitative estimate of drug-likeness (QED) is 0.827. The van der Waals surface area contributed by atoms with E-state index in [9.17, 15) is 18.0 Å². The monoisotopic (exact) mass is 417 g/mol. The largest absolute Gasteiger partial charge is 0.416 e. The average Bonchev–Trinajstić information content (AvgIpc) is 3.03. The standard InChI is InChI=1S/C18H22F3N5O.ClH/c19-18(20,21)15-3-5-16(6-4-15)23-17(27)25-9-2-8-24(11-13-25)12-14-26-10-1-7-22-26;/h1,3-7,10H,2,8-9,11-14H2,(H,23,27);1H. The predicted molar refractivity (Wildman–Crippen MR) is 103 cm³/mol. The first-order chi connectivity index (χ1) is 12.9. The lowest BCUT2D eigenvalue weighted by atomic mass is 10.2. The third-order valence-corrected chi connectivity index (χ3v) is 4.54. The Labute approximate surface area is 167 Å². The molecule has 1 aliphatic heterocycles. The molecule has 1 aliphatic rings. The van der Waals surface area contributed by atoms with E-state index < -0.39 is 11.7 Å². The molecule has 1 aromatic carbocycles. The number of carbonyl (C=O) groups is 1. The van der Waals surface area contributed by atoms with Crippen LogP contribution in [0.3, 0.4) is 0 Å². The lowest BCUT2D eigenvalue weighted by Crippen LogP contribution is -2.38. The smallest absolute Gasteiger partial charge is 0.323 e. The summed E-state index contributed by atoms with van der Waals surface area (Å²) >= 11 is 0. The van der Waals surface area contributed by atoms with Gasteiger partial charge in [-0.3, -0.25) is 9.58 Å². The van der Waals surface area contributed by atoms with Crippen LogP contribution in [0.5, 0.6) is 0 Å². The second kappa shape index (κ2) is 9.79. The first-order valence-corrected chi connectivity index (χ1v) is 8.85. The molecule has 0 aliphatic carbocycles. The highest BCUT2D eigenvalue weighted by molar-refractivity contribution is 5.89. The number of hydrogen-bond donors (Lipinski definition) is 1. The summed E-state index contributed by atoms with van der Waals surface area (Å²) in [5.41, 5.74) is -0.379. The molecule has 0 atom stereocenters. The topological polar surface area (TPSA) is 53.4 Å². The molecule has 3 rings (SSSR count). The van der Waals surface area contributed by atoms with E-state index in [-0.39, 0.29) is 18.4 Å². The van der Waals surface area contributed by atoms with Crippen LogP contribution in [0.2, 0.25) is 0 Å². The summed E-state index contributed by atoms with van der Waals surface area (Å²) in [6.07, 6.45) is 0.129. The van der Waals surface area contributed by atoms with Crippen molar-refractivity contribution < 1.29 is 18.0 Å². The van der Waals surface area contributed by atoms with Crippen molar-refractivity contribution in [2.75, 3.05) is 38.0 Å². The number of halogens is 4. The third kappa shape index (κ3) is 6.13. The summed E-state index contributed by atoms with van der Waals surface area (Å²) < 4.78 is 39.7. The number of rotatable bonds is 4. The van der Waals surface area contributed by atoms with Gasteiger partial charge in [-0.05, 0) is 43.3 Å². The summed E-state index contributed by atoms with van der Waals surface area (Å²) in [4.78, 5) is 16.4. The minimum absolute atomic E-state index is 0. The molecule has 1 aromatic heterocycles. The number of nitrogens with zero attached hydrogens (tertiary/aromatic N) is 4. The van der Waals surface area contributed by atoms with Gasteiger partial charge in [0.15, 0.2) is 0 Å². The highest BCUT2D eigenvalue weighted by atomic mass is 35.5. The summed E-state index contributed by atoms with van der Waals surface area (Å²) in [6, 6.07) is 6.08. The summed E-state index contributed by atoms with van der Waals surface area (Å²) in [5.74, 6) is 0. The zero-order valence-electron chi connectivity index (χ0n) is 15.2. The van der Waals surface area contributed by atoms with Crippen LogP contribution in [-0.4, -0.2) is 58.3 Å². The Kier molecular flexibility index (Phi) is 7.70. The summed E-state index contributed by atoms with van der Waals surface area (Å²) in [6.45, 7) is 4.49. The first-order valence-electron chi connectivity index (χ1n) is 8.85. The molecule has 0 unspecified atom stereocenters. The minimum Gasteiger partial charge on any atom is -0.323 e. The number of hydrogen-bond acceptors (Lipinski definition) is 3. The van der Waals surface area contributed by atoms with Crippen molar-refractivity contribution in [3.63, 3.8) is 0 Å². The Morgan fingerprint density at radius 2 is 1.82 bits per heavy atom. The van der Waals surface area contributed by atoms with Crippen LogP contribution < -0.4 is 5.32 Å². The fraction of sp³-hybridized carbons (Fsp3) is 0.444. The van der Waals surface area contributed by atoms with Crippen LogP contribution in [0.15, 0.2) is 42.7 Å². The maximum absolute atomic E-state index is 12.6. The van der Waals surface area contributed by atoms with Gasteiger partial charge in [-0.15, -0.1) is 12.4 Å². The van der Waals surface area contributed by atoms with Crippen molar-refractivity contribution in [2.24, 2.45) is 0 Å². The third-order valence-electron chi connectivity index (χ3n) is 4.54. The molecule has 0 radical (unpaired) electrons. The maximum atomic E-state index is 12.6. The molecule has 10 heteroatoms. The number of aromatic nitrogens is 2. The van der Waals surface area contributed by atoms with E-state index in [0.717, 1.165) is 44.7 Å². The number of benzene rings is 1. The van der Waals surface area contributed by atoms with Crippen molar-refractivity contribution in [3.8, 4) is 0 Å². The molecular formula is C18H23ClF3N5O. The normalized spacial score (nSPS) is 15.6. The van der Waals surface area contributed by atoms with E-state index >= 15 is 0 Å². The molecule has 0 saturated carbocycles. The Balaban J connectivity index is 0.00000280. The Bertz CT molecular complexity index is 737. The summed E-state index contributed by atoms with van der Waals surface area (Å²) in [7, 11) is 0. The van der Waals surface area contributed by atoms with Gasteiger partial charge in [-0.25, -0.2) is 4.79 Å². The first kappa shape index (κ1) is 22.0. The van der Waals surface area contributed by atoms with E-state index in [1.165, 1.54) is 12.1 Å². The molecule has 0 bridgehead atoms. The van der Waals surface area contributed by atoms with Gasteiger partial charge in [0.05, 0.1) is 12.1 Å². The Hall–Kier alpha value is -2.26. The maximum Gasteiger partial charge on any atom is 0.416 e. The molecule has 2 amide bonds. The number of nitrogens with one attached hydrogen (secondary N) is 1. The molecule has 28 heavy (non-hydrogen) atoms. The highest BCUT2D eigenvalue weighted by Crippen LogP contribution is 2.29. The van der Waals surface area contributed by atoms with Crippen LogP contribution in [0, 0.1) is 0 Å². The van der Waals surface area contributed by atoms with E-state index in [4.69, 9.17) is 0 Å². The van der Waals surface area contributed by atoms with Crippen molar-refractivity contribution in [1.29, 1.82) is 0 Å². The minimum atomic E-state index is -4.38.